The maximum atomic E-state index is 12.9. The van der Waals surface area contributed by atoms with Crippen LogP contribution in [-0.2, 0) is 14.3 Å². The van der Waals surface area contributed by atoms with E-state index in [4.69, 9.17) is 16.3 Å². The van der Waals surface area contributed by atoms with Crippen LogP contribution in [0.25, 0.3) is 0 Å². The molecule has 1 aliphatic heterocycles. The molecule has 0 fully saturated rings. The van der Waals surface area contributed by atoms with E-state index in [1.54, 1.807) is 12.1 Å². The van der Waals surface area contributed by atoms with Gasteiger partial charge in [0.1, 0.15) is 0 Å². The summed E-state index contributed by atoms with van der Waals surface area (Å²) < 4.78 is 5.51. The van der Waals surface area contributed by atoms with Crippen molar-refractivity contribution in [3.63, 3.8) is 0 Å². The maximum Gasteiger partial charge on any atom is 0.336 e. The quantitative estimate of drug-likeness (QED) is 0.789. The van der Waals surface area contributed by atoms with Gasteiger partial charge in [0.25, 0.3) is 0 Å². The van der Waals surface area contributed by atoms with Gasteiger partial charge in [0, 0.05) is 34.3 Å². The van der Waals surface area contributed by atoms with Crippen LogP contribution in [0.15, 0.2) is 46.8 Å². The molecule has 0 saturated heterocycles. The number of rotatable bonds is 4. The van der Waals surface area contributed by atoms with E-state index in [0.717, 1.165) is 29.8 Å². The van der Waals surface area contributed by atoms with Gasteiger partial charge < -0.3 is 10.1 Å². The van der Waals surface area contributed by atoms with Gasteiger partial charge in [-0.05, 0) is 43.4 Å². The third kappa shape index (κ3) is 3.70. The molecule has 1 heterocycles. The van der Waals surface area contributed by atoms with Gasteiger partial charge in [-0.15, -0.1) is 0 Å². The van der Waals surface area contributed by atoms with Gasteiger partial charge >= 0.3 is 5.97 Å². The second kappa shape index (κ2) is 7.67. The monoisotopic (exact) mass is 373 g/mol. The Morgan fingerprint density at radius 3 is 2.62 bits per heavy atom. The SMILES string of the molecule is CC1=C(C(=O)OCC(C)C)C(c2ccc(Cl)cc2)C2=C(CCCC2=O)N1. The molecule has 1 N–H and O–H groups in total. The molecule has 0 radical (unpaired) electrons. The zero-order valence-electron chi connectivity index (χ0n) is 15.4. The lowest BCUT2D eigenvalue weighted by molar-refractivity contribution is -0.140. The minimum Gasteiger partial charge on any atom is -0.462 e. The number of hydrogen-bond donors (Lipinski definition) is 1. The van der Waals surface area contributed by atoms with Crippen molar-refractivity contribution < 1.29 is 14.3 Å². The molecule has 0 aromatic heterocycles. The standard InChI is InChI=1S/C21H24ClNO3/c1-12(2)11-26-21(25)18-13(3)23-16-5-4-6-17(24)20(16)19(18)14-7-9-15(22)10-8-14/h7-10,12,19,23H,4-6,11H2,1-3H3. The lowest BCUT2D eigenvalue weighted by atomic mass is 9.75. The lowest BCUT2D eigenvalue weighted by Crippen LogP contribution is -2.34. The number of benzene rings is 1. The van der Waals surface area contributed by atoms with Crippen LogP contribution in [0, 0.1) is 5.92 Å². The zero-order chi connectivity index (χ0) is 18.8. The Kier molecular flexibility index (Phi) is 5.52. The minimum atomic E-state index is -0.407. The Hall–Kier alpha value is -2.07. The van der Waals surface area contributed by atoms with Crippen molar-refractivity contribution in [2.45, 2.75) is 46.0 Å². The van der Waals surface area contributed by atoms with Crippen LogP contribution in [-0.4, -0.2) is 18.4 Å². The highest BCUT2D eigenvalue weighted by molar-refractivity contribution is 6.30. The molecule has 1 unspecified atom stereocenters. The molecule has 0 spiro atoms. The van der Waals surface area contributed by atoms with E-state index in [1.165, 1.54) is 0 Å². The fraction of sp³-hybridized carbons (Fsp3) is 0.429. The number of hydrogen-bond acceptors (Lipinski definition) is 4. The number of ether oxygens (including phenoxy) is 1. The van der Waals surface area contributed by atoms with E-state index >= 15 is 0 Å². The van der Waals surface area contributed by atoms with Crippen molar-refractivity contribution in [1.82, 2.24) is 5.32 Å². The van der Waals surface area contributed by atoms with E-state index in [2.05, 4.69) is 5.32 Å². The number of halogens is 1. The number of carbonyl (C=O) groups is 2. The fourth-order valence-corrected chi connectivity index (χ4v) is 3.69. The molecule has 4 nitrogen and oxygen atoms in total. The smallest absolute Gasteiger partial charge is 0.336 e. The number of esters is 1. The van der Waals surface area contributed by atoms with Crippen molar-refractivity contribution in [3.8, 4) is 0 Å². The molecule has 3 rings (SSSR count). The molecule has 1 atom stereocenters. The average molecular weight is 374 g/mol. The molecule has 0 bridgehead atoms. The third-order valence-corrected chi connectivity index (χ3v) is 5.00. The van der Waals surface area contributed by atoms with E-state index in [-0.39, 0.29) is 17.7 Å². The maximum absolute atomic E-state index is 12.9. The molecule has 26 heavy (non-hydrogen) atoms. The normalized spacial score (nSPS) is 20.2. The summed E-state index contributed by atoms with van der Waals surface area (Å²) in [7, 11) is 0. The van der Waals surface area contributed by atoms with Crippen LogP contribution >= 0.6 is 11.6 Å². The molecule has 2 aliphatic rings. The topological polar surface area (TPSA) is 55.4 Å². The minimum absolute atomic E-state index is 0.0976. The molecule has 0 amide bonds. The summed E-state index contributed by atoms with van der Waals surface area (Å²) in [4.78, 5) is 25.6. The van der Waals surface area contributed by atoms with Crippen molar-refractivity contribution in [2.75, 3.05) is 6.61 Å². The van der Waals surface area contributed by atoms with Crippen molar-refractivity contribution >= 4 is 23.4 Å². The number of nitrogens with one attached hydrogen (secondary N) is 1. The van der Waals surface area contributed by atoms with Crippen LogP contribution < -0.4 is 5.32 Å². The number of carbonyl (C=O) groups excluding carboxylic acids is 2. The molecule has 1 aromatic rings. The van der Waals surface area contributed by atoms with Gasteiger partial charge in [-0.2, -0.15) is 0 Å². The second-order valence-electron chi connectivity index (χ2n) is 7.31. The number of Topliss-reactive ketones (excluding diaryl/α,β-unsaturated/α-hetero) is 1. The highest BCUT2D eigenvalue weighted by Gasteiger charge is 2.39. The summed E-state index contributed by atoms with van der Waals surface area (Å²) in [5, 5.41) is 3.91. The van der Waals surface area contributed by atoms with Gasteiger partial charge in [-0.1, -0.05) is 37.6 Å². The first-order valence-electron chi connectivity index (χ1n) is 9.05. The van der Waals surface area contributed by atoms with Crippen LogP contribution in [0.5, 0.6) is 0 Å². The van der Waals surface area contributed by atoms with Crippen molar-refractivity contribution in [2.24, 2.45) is 5.92 Å². The van der Waals surface area contributed by atoms with Crippen LogP contribution in [0.2, 0.25) is 5.02 Å². The summed E-state index contributed by atoms with van der Waals surface area (Å²) in [5.41, 5.74) is 3.78. The number of dihydropyridines is 1. The summed E-state index contributed by atoms with van der Waals surface area (Å²) in [6, 6.07) is 7.35. The van der Waals surface area contributed by atoms with Crippen LogP contribution in [0.3, 0.4) is 0 Å². The lowest BCUT2D eigenvalue weighted by Gasteiger charge is -2.34. The average Bonchev–Trinajstić information content (AvgIpc) is 2.59. The van der Waals surface area contributed by atoms with E-state index in [1.807, 2.05) is 32.9 Å². The molecule has 138 valence electrons. The van der Waals surface area contributed by atoms with Gasteiger partial charge in [0.15, 0.2) is 5.78 Å². The van der Waals surface area contributed by atoms with Gasteiger partial charge in [-0.3, -0.25) is 4.79 Å². The summed E-state index contributed by atoms with van der Waals surface area (Å²) in [6.45, 7) is 6.21. The highest BCUT2D eigenvalue weighted by atomic mass is 35.5. The Labute approximate surface area is 159 Å². The predicted molar refractivity (Wildman–Crippen MR) is 102 cm³/mol. The summed E-state index contributed by atoms with van der Waals surface area (Å²) in [5.74, 6) is -0.429. The molecule has 0 saturated carbocycles. The van der Waals surface area contributed by atoms with Crippen molar-refractivity contribution in [3.05, 3.63) is 57.4 Å². The molecule has 1 aliphatic carbocycles. The first kappa shape index (κ1) is 18.7. The third-order valence-electron chi connectivity index (χ3n) is 4.75. The van der Waals surface area contributed by atoms with E-state index < -0.39 is 5.92 Å². The van der Waals surface area contributed by atoms with Crippen molar-refractivity contribution in [1.29, 1.82) is 0 Å². The van der Waals surface area contributed by atoms with Gasteiger partial charge in [0.05, 0.1) is 12.2 Å². The number of allylic oxidation sites excluding steroid dienone is 3. The predicted octanol–water partition coefficient (Wildman–Crippen LogP) is 4.51. The highest BCUT2D eigenvalue weighted by Crippen LogP contribution is 2.42. The largest absolute Gasteiger partial charge is 0.462 e. The van der Waals surface area contributed by atoms with E-state index in [0.29, 0.717) is 29.2 Å². The Morgan fingerprint density at radius 2 is 1.96 bits per heavy atom. The summed E-state index contributed by atoms with van der Waals surface area (Å²) >= 11 is 6.03. The Balaban J connectivity index is 2.07. The van der Waals surface area contributed by atoms with Crippen LogP contribution in [0.1, 0.15) is 51.5 Å². The number of ketones is 1. The fourth-order valence-electron chi connectivity index (χ4n) is 3.56. The second-order valence-corrected chi connectivity index (χ2v) is 7.75. The molecular formula is C21H24ClNO3. The molecule has 5 heteroatoms. The molecule has 1 aromatic carbocycles. The van der Waals surface area contributed by atoms with Crippen LogP contribution in [0.4, 0.5) is 0 Å². The first-order valence-corrected chi connectivity index (χ1v) is 9.43. The van der Waals surface area contributed by atoms with Gasteiger partial charge in [-0.25, -0.2) is 4.79 Å². The summed E-state index contributed by atoms with van der Waals surface area (Å²) in [6.07, 6.45) is 2.16. The molecular weight excluding hydrogens is 350 g/mol. The van der Waals surface area contributed by atoms with Gasteiger partial charge in [0.2, 0.25) is 0 Å². The Morgan fingerprint density at radius 1 is 1.27 bits per heavy atom. The Bertz CT molecular complexity index is 790. The first-order chi connectivity index (χ1) is 12.4. The zero-order valence-corrected chi connectivity index (χ0v) is 16.2. The van der Waals surface area contributed by atoms with E-state index in [9.17, 15) is 9.59 Å².